The van der Waals surface area contributed by atoms with Gasteiger partial charge in [-0.2, -0.15) is 0 Å². The van der Waals surface area contributed by atoms with Crippen molar-refractivity contribution in [2.24, 2.45) is 0 Å². The lowest BCUT2D eigenvalue weighted by Crippen LogP contribution is -2.18. The largest absolute Gasteiger partial charge is 0.307 e. The van der Waals surface area contributed by atoms with Crippen LogP contribution < -0.4 is 0 Å². The molecule has 0 aliphatic heterocycles. The van der Waals surface area contributed by atoms with Gasteiger partial charge in [0.05, 0.1) is 94.6 Å². The van der Waals surface area contributed by atoms with Crippen LogP contribution in [0.2, 0.25) is 0 Å². The monoisotopic (exact) mass is 919 g/mol. The molecule has 72 heavy (non-hydrogen) atoms. The fourth-order valence-electron chi connectivity index (χ4n) is 12.5. The lowest BCUT2D eigenvalue weighted by Gasteiger charge is -2.30. The highest BCUT2D eigenvalue weighted by molar-refractivity contribution is 6.17. The third-order valence-electron chi connectivity index (χ3n) is 15.3. The van der Waals surface area contributed by atoms with E-state index in [1.54, 1.807) is 0 Å². The number of fused-ring (bicyclic) bond motifs is 15. The highest BCUT2D eigenvalue weighted by atomic mass is 15.2. The highest BCUT2D eigenvalue weighted by Crippen LogP contribution is 2.51. The minimum Gasteiger partial charge on any atom is -0.307 e. The number of benzene rings is 9. The summed E-state index contributed by atoms with van der Waals surface area (Å²) >= 11 is 0. The number of pyridine rings is 2. The summed E-state index contributed by atoms with van der Waals surface area (Å²) in [4.78, 5) is 10.4. The predicted molar refractivity (Wildman–Crippen MR) is 298 cm³/mol. The smallest absolute Gasteiger partial charge is 0.0990 e. The number of aromatic nitrogens is 7. The van der Waals surface area contributed by atoms with Gasteiger partial charge in [-0.05, 0) is 79.7 Å². The zero-order valence-electron chi connectivity index (χ0n) is 39.1. The van der Waals surface area contributed by atoms with E-state index in [1.807, 2.05) is 12.4 Å². The number of hydrogen-bond acceptors (Lipinski definition) is 2. The van der Waals surface area contributed by atoms with Gasteiger partial charge in [0, 0.05) is 61.0 Å². The van der Waals surface area contributed by atoms with Crippen LogP contribution in [0.15, 0.2) is 231 Å². The van der Waals surface area contributed by atoms with E-state index in [2.05, 4.69) is 248 Å². The molecule has 0 aliphatic carbocycles. The van der Waals surface area contributed by atoms with Gasteiger partial charge in [0.1, 0.15) is 0 Å². The Labute approximate surface area is 411 Å². The molecule has 0 saturated carbocycles. The molecular formula is C65H41N7. The van der Waals surface area contributed by atoms with E-state index >= 15 is 0 Å². The van der Waals surface area contributed by atoms with Crippen molar-refractivity contribution in [2.45, 2.75) is 6.92 Å². The summed E-state index contributed by atoms with van der Waals surface area (Å²) in [5, 5.41) is 9.29. The van der Waals surface area contributed by atoms with Crippen LogP contribution in [-0.4, -0.2) is 32.8 Å². The van der Waals surface area contributed by atoms with E-state index in [0.29, 0.717) is 0 Å². The number of nitrogens with zero attached hydrogens (tertiary/aromatic N) is 7. The summed E-state index contributed by atoms with van der Waals surface area (Å²) in [5.41, 5.74) is 19.0. The molecule has 7 aromatic heterocycles. The molecule has 16 aromatic rings. The van der Waals surface area contributed by atoms with Crippen LogP contribution in [0.3, 0.4) is 0 Å². The molecule has 0 bridgehead atoms. The molecule has 336 valence electrons. The molecule has 0 amide bonds. The van der Waals surface area contributed by atoms with Crippen LogP contribution >= 0.6 is 0 Å². The van der Waals surface area contributed by atoms with E-state index in [0.717, 1.165) is 111 Å². The molecule has 0 saturated heterocycles. The molecule has 0 fully saturated rings. The second-order valence-corrected chi connectivity index (χ2v) is 18.9. The zero-order chi connectivity index (χ0) is 47.2. The first kappa shape index (κ1) is 39.2. The summed E-state index contributed by atoms with van der Waals surface area (Å²) < 4.78 is 12.7. The van der Waals surface area contributed by atoms with Gasteiger partial charge in [-0.3, -0.25) is 9.97 Å². The fourth-order valence-corrected chi connectivity index (χ4v) is 12.5. The molecule has 7 heterocycles. The van der Waals surface area contributed by atoms with Gasteiger partial charge >= 0.3 is 0 Å². The molecule has 7 heteroatoms. The molecule has 0 atom stereocenters. The summed E-state index contributed by atoms with van der Waals surface area (Å²) in [6, 6.07) is 79.7. The van der Waals surface area contributed by atoms with E-state index in [-0.39, 0.29) is 0 Å². The van der Waals surface area contributed by atoms with Crippen molar-refractivity contribution >= 4 is 109 Å². The maximum Gasteiger partial charge on any atom is 0.0990 e. The third-order valence-corrected chi connectivity index (χ3v) is 15.3. The lowest BCUT2D eigenvalue weighted by molar-refractivity contribution is 0.982. The Morgan fingerprint density at radius 3 is 0.736 bits per heavy atom. The molecule has 0 unspecified atom stereocenters. The Kier molecular flexibility index (Phi) is 7.97. The van der Waals surface area contributed by atoms with Gasteiger partial charge in [0.15, 0.2) is 0 Å². The molecule has 7 nitrogen and oxygen atoms in total. The predicted octanol–water partition coefficient (Wildman–Crippen LogP) is 16.3. The second-order valence-electron chi connectivity index (χ2n) is 18.9. The number of rotatable bonds is 5. The van der Waals surface area contributed by atoms with E-state index in [1.165, 1.54) is 32.3 Å². The standard InChI is InChI=1S/C65H41N7/c1-40-61(68-49-28-10-2-20-41(49)42-21-3-11-29-50(42)68)63(71-55-34-16-8-26-47(55)59-57(71)36-18-38-66-59)65(70-53-32-14-6-24-45(53)46-25-7-15-33-54(46)70)64(72-56-35-17-9-27-48(56)60-58(72)37-19-39-67-60)62(40)69-51-30-12-4-22-43(51)44-23-5-13-31-52(44)69/h2-39H,1H3. The summed E-state index contributed by atoms with van der Waals surface area (Å²) in [7, 11) is 0. The average Bonchev–Trinajstić information content (AvgIpc) is 4.23. The Morgan fingerprint density at radius 2 is 0.431 bits per heavy atom. The van der Waals surface area contributed by atoms with E-state index < -0.39 is 0 Å². The third kappa shape index (κ3) is 5.08. The molecule has 0 N–H and O–H groups in total. The van der Waals surface area contributed by atoms with Gasteiger partial charge in [-0.25, -0.2) is 0 Å². The first-order chi connectivity index (χ1) is 35.7. The first-order valence-electron chi connectivity index (χ1n) is 24.6. The normalized spacial score (nSPS) is 12.2. The molecule has 16 rings (SSSR count). The molecule has 0 spiro atoms. The Bertz CT molecular complexity index is 4440. The summed E-state index contributed by atoms with van der Waals surface area (Å²) in [6.45, 7) is 2.36. The molecule has 9 aromatic carbocycles. The van der Waals surface area contributed by atoms with Crippen LogP contribution in [0.5, 0.6) is 0 Å². The van der Waals surface area contributed by atoms with E-state index in [4.69, 9.17) is 9.97 Å². The van der Waals surface area contributed by atoms with Crippen LogP contribution in [0.1, 0.15) is 5.56 Å². The molecule has 0 aliphatic rings. The fraction of sp³-hybridized carbons (Fsp3) is 0.0154. The van der Waals surface area contributed by atoms with Crippen LogP contribution in [-0.2, 0) is 0 Å². The number of para-hydroxylation sites is 8. The molecular weight excluding hydrogens is 879 g/mol. The minimum atomic E-state index is 0.946. The van der Waals surface area contributed by atoms with Crippen molar-refractivity contribution in [3.8, 4) is 28.4 Å². The first-order valence-corrected chi connectivity index (χ1v) is 24.6. The average molecular weight is 920 g/mol. The Morgan fingerprint density at radius 1 is 0.222 bits per heavy atom. The van der Waals surface area contributed by atoms with Crippen molar-refractivity contribution in [2.75, 3.05) is 0 Å². The maximum absolute atomic E-state index is 5.19. The second kappa shape index (κ2) is 14.7. The van der Waals surface area contributed by atoms with Crippen LogP contribution in [0.25, 0.3) is 138 Å². The lowest BCUT2D eigenvalue weighted by atomic mass is 10.0. The van der Waals surface area contributed by atoms with Crippen molar-refractivity contribution in [3.63, 3.8) is 0 Å². The minimum absolute atomic E-state index is 0.946. The molecule has 0 radical (unpaired) electrons. The van der Waals surface area contributed by atoms with Crippen LogP contribution in [0, 0.1) is 6.92 Å². The van der Waals surface area contributed by atoms with Gasteiger partial charge in [-0.15, -0.1) is 0 Å². The van der Waals surface area contributed by atoms with Gasteiger partial charge in [-0.1, -0.05) is 146 Å². The van der Waals surface area contributed by atoms with Crippen molar-refractivity contribution in [1.29, 1.82) is 0 Å². The SMILES string of the molecule is Cc1c(-n2c3ccccc3c3ccccc32)c(-n2c3ccccc3c3ncccc32)c(-n2c3ccccc3c3ccccc32)c(-n2c3ccccc3c3ncccc32)c1-n1c2ccccc2c2ccccc21. The maximum atomic E-state index is 5.19. The Hall–Kier alpha value is -9.72. The summed E-state index contributed by atoms with van der Waals surface area (Å²) in [5.74, 6) is 0. The summed E-state index contributed by atoms with van der Waals surface area (Å²) in [6.07, 6.45) is 3.85. The van der Waals surface area contributed by atoms with Crippen molar-refractivity contribution in [1.82, 2.24) is 32.8 Å². The zero-order valence-corrected chi connectivity index (χ0v) is 39.1. The van der Waals surface area contributed by atoms with Crippen LogP contribution in [0.4, 0.5) is 0 Å². The van der Waals surface area contributed by atoms with Gasteiger partial charge < -0.3 is 22.8 Å². The highest BCUT2D eigenvalue weighted by Gasteiger charge is 2.35. The Balaban J connectivity index is 1.30. The van der Waals surface area contributed by atoms with Crippen molar-refractivity contribution < 1.29 is 0 Å². The topological polar surface area (TPSA) is 50.4 Å². The van der Waals surface area contributed by atoms with Gasteiger partial charge in [0.25, 0.3) is 0 Å². The van der Waals surface area contributed by atoms with Gasteiger partial charge in [0.2, 0.25) is 0 Å². The van der Waals surface area contributed by atoms with E-state index in [9.17, 15) is 0 Å². The quantitative estimate of drug-likeness (QED) is 0.173. The van der Waals surface area contributed by atoms with Crippen molar-refractivity contribution in [3.05, 3.63) is 236 Å². The number of hydrogen-bond donors (Lipinski definition) is 0.